The molecule has 3 N–H and O–H groups in total. The molecule has 0 aromatic rings. The van der Waals surface area contributed by atoms with Gasteiger partial charge in [0.25, 0.3) is 0 Å². The van der Waals surface area contributed by atoms with Crippen molar-refractivity contribution in [3.05, 3.63) is 0 Å². The van der Waals surface area contributed by atoms with Crippen molar-refractivity contribution in [1.82, 2.24) is 0 Å². The van der Waals surface area contributed by atoms with Gasteiger partial charge in [0.2, 0.25) is 0 Å². The van der Waals surface area contributed by atoms with Gasteiger partial charge in [0, 0.05) is 6.42 Å². The van der Waals surface area contributed by atoms with E-state index >= 15 is 0 Å². The lowest BCUT2D eigenvalue weighted by molar-refractivity contribution is -0.162. The van der Waals surface area contributed by atoms with E-state index in [2.05, 4.69) is 13.8 Å². The quantitative estimate of drug-likeness (QED) is 0.223. The molecule has 1 fully saturated rings. The van der Waals surface area contributed by atoms with E-state index in [1.807, 2.05) is 0 Å². The zero-order valence-corrected chi connectivity index (χ0v) is 19.3. The fourth-order valence-electron chi connectivity index (χ4n) is 3.98. The topological polar surface area (TPSA) is 96.2 Å². The Labute approximate surface area is 183 Å². The molecule has 3 unspecified atom stereocenters. The smallest absolute Gasteiger partial charge is 0.306 e. The summed E-state index contributed by atoms with van der Waals surface area (Å²) in [6, 6.07) is 0. The van der Waals surface area contributed by atoms with Crippen molar-refractivity contribution in [3.8, 4) is 0 Å². The maximum Gasteiger partial charge on any atom is 0.306 e. The Bertz CT molecular complexity index is 428. The Morgan fingerprint density at radius 1 is 0.900 bits per heavy atom. The molecule has 6 heteroatoms. The molecule has 0 aliphatic carbocycles. The van der Waals surface area contributed by atoms with Gasteiger partial charge in [-0.2, -0.15) is 0 Å². The van der Waals surface area contributed by atoms with E-state index in [1.54, 1.807) is 0 Å². The van der Waals surface area contributed by atoms with Gasteiger partial charge in [0.05, 0.1) is 13.2 Å². The first-order chi connectivity index (χ1) is 14.5. The molecular weight excluding hydrogens is 384 g/mol. The van der Waals surface area contributed by atoms with E-state index in [9.17, 15) is 20.1 Å². The Balaban J connectivity index is 1.91. The van der Waals surface area contributed by atoms with Crippen molar-refractivity contribution in [1.29, 1.82) is 0 Å². The first-order valence-corrected chi connectivity index (χ1v) is 12.2. The molecule has 4 atom stereocenters. The number of esters is 1. The zero-order valence-electron chi connectivity index (χ0n) is 19.3. The van der Waals surface area contributed by atoms with E-state index in [0.717, 1.165) is 25.2 Å². The molecule has 1 aliphatic heterocycles. The summed E-state index contributed by atoms with van der Waals surface area (Å²) in [6.45, 7) is 4.14. The molecule has 30 heavy (non-hydrogen) atoms. The summed E-state index contributed by atoms with van der Waals surface area (Å²) in [7, 11) is 0. The molecule has 0 saturated carbocycles. The van der Waals surface area contributed by atoms with Gasteiger partial charge in [-0.25, -0.2) is 0 Å². The summed E-state index contributed by atoms with van der Waals surface area (Å²) < 4.78 is 10.5. The fourth-order valence-corrected chi connectivity index (χ4v) is 3.98. The highest BCUT2D eigenvalue weighted by Crippen LogP contribution is 2.20. The van der Waals surface area contributed by atoms with Crippen molar-refractivity contribution in [2.45, 2.75) is 128 Å². The van der Waals surface area contributed by atoms with Crippen LogP contribution in [0, 0.1) is 5.92 Å². The summed E-state index contributed by atoms with van der Waals surface area (Å²) in [6.07, 6.45) is 12.6. The lowest BCUT2D eigenvalue weighted by Crippen LogP contribution is -2.43. The van der Waals surface area contributed by atoms with Gasteiger partial charge in [0.15, 0.2) is 6.10 Å². The molecule has 0 radical (unpaired) electrons. The lowest BCUT2D eigenvalue weighted by atomic mass is 10.0. The minimum atomic E-state index is -1.14. The van der Waals surface area contributed by atoms with Crippen LogP contribution in [0.2, 0.25) is 0 Å². The van der Waals surface area contributed by atoms with Crippen molar-refractivity contribution in [3.63, 3.8) is 0 Å². The molecule has 178 valence electrons. The Hall–Kier alpha value is -0.690. The van der Waals surface area contributed by atoms with Crippen molar-refractivity contribution in [2.24, 2.45) is 5.92 Å². The van der Waals surface area contributed by atoms with Crippen LogP contribution in [-0.4, -0.2) is 58.9 Å². The highest BCUT2D eigenvalue weighted by atomic mass is 16.6. The maximum atomic E-state index is 12.0. The summed E-state index contributed by atoms with van der Waals surface area (Å²) in [5.74, 6) is 0.447. The van der Waals surface area contributed by atoms with Gasteiger partial charge in [-0.15, -0.1) is 0 Å². The van der Waals surface area contributed by atoms with Crippen LogP contribution in [0.25, 0.3) is 0 Å². The van der Waals surface area contributed by atoms with Crippen LogP contribution in [0.5, 0.6) is 0 Å². The normalized spacial score (nSPS) is 22.5. The van der Waals surface area contributed by atoms with Gasteiger partial charge in [-0.3, -0.25) is 4.79 Å². The molecule has 1 heterocycles. The Kier molecular flexibility index (Phi) is 15.4. The third-order valence-corrected chi connectivity index (χ3v) is 5.93. The molecule has 1 rings (SSSR count). The zero-order chi connectivity index (χ0) is 22.2. The monoisotopic (exact) mass is 430 g/mol. The van der Waals surface area contributed by atoms with Crippen LogP contribution in [0.1, 0.15) is 104 Å². The van der Waals surface area contributed by atoms with Gasteiger partial charge in [0.1, 0.15) is 18.3 Å². The summed E-state index contributed by atoms with van der Waals surface area (Å²) in [5, 5.41) is 28.7. The van der Waals surface area contributed by atoms with Crippen molar-refractivity contribution < 1.29 is 29.6 Å². The standard InChI is InChI=1S/C24H46O6/c1-19(2)15-13-11-9-7-5-3-4-6-8-10-12-14-16-22(27)30-21(17-25)24-23(28)20(26)18-29-24/h19-21,23-26,28H,3-18H2,1-2H3/t20-,21?,23?,24?/m0/s1. The van der Waals surface area contributed by atoms with E-state index in [0.29, 0.717) is 6.42 Å². The Morgan fingerprint density at radius 2 is 1.40 bits per heavy atom. The number of aliphatic hydroxyl groups is 3. The second kappa shape index (κ2) is 16.9. The maximum absolute atomic E-state index is 12.0. The third-order valence-electron chi connectivity index (χ3n) is 5.93. The van der Waals surface area contributed by atoms with Crippen molar-refractivity contribution in [2.75, 3.05) is 13.2 Å². The molecule has 1 aliphatic rings. The summed E-state index contributed by atoms with van der Waals surface area (Å²) >= 11 is 0. The molecule has 0 aromatic carbocycles. The SMILES string of the molecule is CC(C)CCCCCCCCCCCCCCC(=O)OC(CO)C1OC[C@H](O)C1O. The van der Waals surface area contributed by atoms with Gasteiger partial charge < -0.3 is 24.8 Å². The van der Waals surface area contributed by atoms with E-state index in [1.165, 1.54) is 64.2 Å². The van der Waals surface area contributed by atoms with Crippen LogP contribution >= 0.6 is 0 Å². The second-order valence-electron chi connectivity index (χ2n) is 9.24. The lowest BCUT2D eigenvalue weighted by Gasteiger charge is -2.24. The second-order valence-corrected chi connectivity index (χ2v) is 9.24. The predicted molar refractivity (Wildman–Crippen MR) is 118 cm³/mol. The molecule has 0 bridgehead atoms. The van der Waals surface area contributed by atoms with Gasteiger partial charge in [-0.1, -0.05) is 90.9 Å². The van der Waals surface area contributed by atoms with Crippen LogP contribution in [0.4, 0.5) is 0 Å². The minimum Gasteiger partial charge on any atom is -0.457 e. The average molecular weight is 431 g/mol. The number of unbranched alkanes of at least 4 members (excludes halogenated alkanes) is 11. The number of carbonyl (C=O) groups is 1. The number of hydrogen-bond acceptors (Lipinski definition) is 6. The fraction of sp³-hybridized carbons (Fsp3) is 0.958. The number of rotatable bonds is 18. The summed E-state index contributed by atoms with van der Waals surface area (Å²) in [4.78, 5) is 12.0. The number of ether oxygens (including phenoxy) is 2. The number of hydrogen-bond donors (Lipinski definition) is 3. The number of carbonyl (C=O) groups excluding carboxylic acids is 1. The number of aliphatic hydroxyl groups excluding tert-OH is 3. The summed E-state index contributed by atoms with van der Waals surface area (Å²) in [5.41, 5.74) is 0. The Morgan fingerprint density at radius 3 is 1.83 bits per heavy atom. The van der Waals surface area contributed by atoms with E-state index in [4.69, 9.17) is 9.47 Å². The van der Waals surface area contributed by atoms with Crippen LogP contribution in [-0.2, 0) is 14.3 Å². The highest BCUT2D eigenvalue weighted by Gasteiger charge is 2.41. The predicted octanol–water partition coefficient (Wildman–Crippen LogP) is 4.13. The van der Waals surface area contributed by atoms with Crippen LogP contribution in [0.3, 0.4) is 0 Å². The molecular formula is C24H46O6. The largest absolute Gasteiger partial charge is 0.457 e. The van der Waals surface area contributed by atoms with Crippen molar-refractivity contribution >= 4 is 5.97 Å². The first-order valence-electron chi connectivity index (χ1n) is 12.2. The van der Waals surface area contributed by atoms with Crippen LogP contribution < -0.4 is 0 Å². The molecule has 1 saturated heterocycles. The average Bonchev–Trinajstić information content (AvgIpc) is 3.04. The van der Waals surface area contributed by atoms with Gasteiger partial charge >= 0.3 is 5.97 Å². The molecule has 0 aromatic heterocycles. The molecule has 6 nitrogen and oxygen atoms in total. The molecule has 0 spiro atoms. The van der Waals surface area contributed by atoms with E-state index < -0.39 is 31.0 Å². The van der Waals surface area contributed by atoms with E-state index in [-0.39, 0.29) is 12.6 Å². The minimum absolute atomic E-state index is 0.0157. The third kappa shape index (κ3) is 12.2. The first kappa shape index (κ1) is 27.3. The highest BCUT2D eigenvalue weighted by molar-refractivity contribution is 5.69. The van der Waals surface area contributed by atoms with Gasteiger partial charge in [-0.05, 0) is 12.3 Å². The van der Waals surface area contributed by atoms with Crippen LogP contribution in [0.15, 0.2) is 0 Å². The molecule has 0 amide bonds.